The third kappa shape index (κ3) is 1.61. The number of hydrogen-bond acceptors (Lipinski definition) is 3. The Kier molecular flexibility index (Phi) is 2.64. The zero-order valence-electron chi connectivity index (χ0n) is 10.7. The van der Waals surface area contributed by atoms with Crippen LogP contribution in [0.3, 0.4) is 0 Å². The van der Waals surface area contributed by atoms with Crippen LogP contribution in [0.5, 0.6) is 5.75 Å². The van der Waals surface area contributed by atoms with Crippen LogP contribution in [0.2, 0.25) is 0 Å². The summed E-state index contributed by atoms with van der Waals surface area (Å²) in [6.07, 6.45) is 0.832. The molecule has 1 unspecified atom stereocenters. The van der Waals surface area contributed by atoms with Crippen molar-refractivity contribution in [1.82, 2.24) is 0 Å². The lowest BCUT2D eigenvalue weighted by Gasteiger charge is -2.18. The number of ether oxygens (including phenoxy) is 2. The maximum absolute atomic E-state index is 12.0. The summed E-state index contributed by atoms with van der Waals surface area (Å²) in [7, 11) is 3.08. The predicted molar refractivity (Wildman–Crippen MR) is 65.1 cm³/mol. The zero-order chi connectivity index (χ0) is 12.7. The molecule has 1 aromatic carbocycles. The van der Waals surface area contributed by atoms with Crippen LogP contribution in [-0.2, 0) is 14.9 Å². The van der Waals surface area contributed by atoms with E-state index in [1.54, 1.807) is 7.11 Å². The van der Waals surface area contributed by atoms with E-state index in [9.17, 15) is 4.79 Å². The van der Waals surface area contributed by atoms with Crippen LogP contribution in [-0.4, -0.2) is 20.2 Å². The van der Waals surface area contributed by atoms with Crippen molar-refractivity contribution in [2.45, 2.75) is 25.7 Å². The normalized spacial score (nSPS) is 25.2. The summed E-state index contributed by atoms with van der Waals surface area (Å²) >= 11 is 0. The maximum Gasteiger partial charge on any atom is 0.316 e. The van der Waals surface area contributed by atoms with E-state index in [2.05, 4.69) is 13.8 Å². The first-order valence-electron chi connectivity index (χ1n) is 5.71. The van der Waals surface area contributed by atoms with Gasteiger partial charge in [-0.05, 0) is 29.5 Å². The molecule has 1 aromatic rings. The lowest BCUT2D eigenvalue weighted by Crippen LogP contribution is -2.27. The van der Waals surface area contributed by atoms with E-state index in [1.165, 1.54) is 7.11 Å². The number of carbonyl (C=O) groups is 1. The summed E-state index contributed by atoms with van der Waals surface area (Å²) in [4.78, 5) is 12.0. The third-order valence-electron chi connectivity index (χ3n) is 3.85. The number of benzene rings is 1. The molecular weight excluding hydrogens is 216 g/mol. The minimum absolute atomic E-state index is 0.0331. The molecule has 0 bridgehead atoms. The summed E-state index contributed by atoms with van der Waals surface area (Å²) in [5.41, 5.74) is 0.498. The van der Waals surface area contributed by atoms with Crippen molar-refractivity contribution in [3.63, 3.8) is 0 Å². The molecule has 0 saturated heterocycles. The molecule has 92 valence electrons. The molecular formula is C14H18O3. The molecule has 0 aromatic heterocycles. The largest absolute Gasteiger partial charge is 0.497 e. The van der Waals surface area contributed by atoms with Gasteiger partial charge in [-0.1, -0.05) is 26.0 Å². The molecule has 0 spiro atoms. The Morgan fingerprint density at radius 3 is 2.06 bits per heavy atom. The monoisotopic (exact) mass is 234 g/mol. The summed E-state index contributed by atoms with van der Waals surface area (Å²) in [5, 5.41) is 0. The zero-order valence-corrected chi connectivity index (χ0v) is 10.7. The molecule has 1 aliphatic rings. The summed E-state index contributed by atoms with van der Waals surface area (Å²) in [6.45, 7) is 4.18. The molecule has 3 nitrogen and oxygen atoms in total. The lowest BCUT2D eigenvalue weighted by molar-refractivity contribution is -0.144. The van der Waals surface area contributed by atoms with Gasteiger partial charge in [-0.25, -0.2) is 0 Å². The molecule has 3 heteroatoms. The van der Waals surface area contributed by atoms with E-state index >= 15 is 0 Å². The fourth-order valence-electron chi connectivity index (χ4n) is 2.63. The number of carbonyl (C=O) groups excluding carboxylic acids is 1. The Balaban J connectivity index is 2.39. The van der Waals surface area contributed by atoms with Crippen molar-refractivity contribution in [1.29, 1.82) is 0 Å². The molecule has 2 rings (SSSR count). The van der Waals surface area contributed by atoms with Gasteiger partial charge < -0.3 is 9.47 Å². The number of esters is 1. The summed E-state index contributed by atoms with van der Waals surface area (Å²) in [6, 6.07) is 7.66. The molecule has 1 saturated carbocycles. The fourth-order valence-corrected chi connectivity index (χ4v) is 2.63. The molecule has 17 heavy (non-hydrogen) atoms. The van der Waals surface area contributed by atoms with Gasteiger partial charge in [0.1, 0.15) is 5.75 Å². The highest BCUT2D eigenvalue weighted by Gasteiger charge is 2.68. The molecule has 0 amide bonds. The first-order chi connectivity index (χ1) is 7.98. The first kappa shape index (κ1) is 12.0. The van der Waals surface area contributed by atoms with Gasteiger partial charge in [0.05, 0.1) is 19.6 Å². The van der Waals surface area contributed by atoms with Crippen LogP contribution in [0.15, 0.2) is 24.3 Å². The second-order valence-electron chi connectivity index (χ2n) is 5.19. The van der Waals surface area contributed by atoms with Crippen LogP contribution in [0, 0.1) is 5.41 Å². The quantitative estimate of drug-likeness (QED) is 0.754. The number of rotatable bonds is 3. The molecule has 0 radical (unpaired) electrons. The van der Waals surface area contributed by atoms with Gasteiger partial charge in [-0.3, -0.25) is 4.79 Å². The van der Waals surface area contributed by atoms with E-state index in [4.69, 9.17) is 9.47 Å². The Morgan fingerprint density at radius 1 is 1.18 bits per heavy atom. The van der Waals surface area contributed by atoms with E-state index in [-0.39, 0.29) is 11.4 Å². The Morgan fingerprint density at radius 2 is 1.71 bits per heavy atom. The van der Waals surface area contributed by atoms with Crippen molar-refractivity contribution in [2.24, 2.45) is 5.41 Å². The Bertz CT molecular complexity index is 433. The summed E-state index contributed by atoms with van der Waals surface area (Å²) < 4.78 is 10.1. The molecule has 1 aliphatic carbocycles. The number of methoxy groups -OCH3 is 2. The molecule has 1 atom stereocenters. The van der Waals surface area contributed by atoms with Crippen LogP contribution in [0.1, 0.15) is 25.8 Å². The van der Waals surface area contributed by atoms with Crippen LogP contribution >= 0.6 is 0 Å². The molecule has 0 heterocycles. The Hall–Kier alpha value is -1.51. The maximum atomic E-state index is 12.0. The van der Waals surface area contributed by atoms with Crippen LogP contribution in [0.4, 0.5) is 0 Å². The highest BCUT2D eigenvalue weighted by atomic mass is 16.5. The first-order valence-corrected chi connectivity index (χ1v) is 5.71. The average molecular weight is 234 g/mol. The van der Waals surface area contributed by atoms with Crippen LogP contribution in [0.25, 0.3) is 0 Å². The van der Waals surface area contributed by atoms with Crippen molar-refractivity contribution in [3.8, 4) is 5.75 Å². The lowest BCUT2D eigenvalue weighted by atomic mass is 9.88. The molecule has 0 aliphatic heterocycles. The van der Waals surface area contributed by atoms with E-state index in [0.717, 1.165) is 17.7 Å². The fraction of sp³-hybridized carbons (Fsp3) is 0.500. The SMILES string of the molecule is COC(=O)C1(c2ccc(OC)cc2)CC1(C)C. The highest BCUT2D eigenvalue weighted by Crippen LogP contribution is 2.64. The third-order valence-corrected chi connectivity index (χ3v) is 3.85. The van der Waals surface area contributed by atoms with Gasteiger partial charge in [0.15, 0.2) is 0 Å². The summed E-state index contributed by atoms with van der Waals surface area (Å²) in [5.74, 6) is 0.653. The minimum atomic E-state index is -0.478. The average Bonchev–Trinajstić information content (AvgIpc) is 2.93. The van der Waals surface area contributed by atoms with Gasteiger partial charge in [-0.2, -0.15) is 0 Å². The predicted octanol–water partition coefficient (Wildman–Crippen LogP) is 2.54. The minimum Gasteiger partial charge on any atom is -0.497 e. The Labute approximate surface area is 102 Å². The van der Waals surface area contributed by atoms with Gasteiger partial charge in [0.25, 0.3) is 0 Å². The highest BCUT2D eigenvalue weighted by molar-refractivity contribution is 5.88. The topological polar surface area (TPSA) is 35.5 Å². The number of hydrogen-bond donors (Lipinski definition) is 0. The second-order valence-corrected chi connectivity index (χ2v) is 5.19. The smallest absolute Gasteiger partial charge is 0.316 e. The second kappa shape index (κ2) is 3.76. The van der Waals surface area contributed by atoms with Crippen molar-refractivity contribution < 1.29 is 14.3 Å². The van der Waals surface area contributed by atoms with Crippen molar-refractivity contribution >= 4 is 5.97 Å². The van der Waals surface area contributed by atoms with Crippen molar-refractivity contribution in [2.75, 3.05) is 14.2 Å². The van der Waals surface area contributed by atoms with Gasteiger partial charge in [0.2, 0.25) is 0 Å². The standard InChI is InChI=1S/C14H18O3/c1-13(2)9-14(13,12(15)17-4)10-5-7-11(16-3)8-6-10/h5-8H,9H2,1-4H3. The molecule has 0 N–H and O–H groups in total. The van der Waals surface area contributed by atoms with Gasteiger partial charge in [-0.15, -0.1) is 0 Å². The van der Waals surface area contributed by atoms with Crippen LogP contribution < -0.4 is 4.74 Å². The van der Waals surface area contributed by atoms with Gasteiger partial charge in [0, 0.05) is 0 Å². The molecule has 1 fully saturated rings. The van der Waals surface area contributed by atoms with E-state index in [0.29, 0.717) is 0 Å². The van der Waals surface area contributed by atoms with Gasteiger partial charge >= 0.3 is 5.97 Å². The van der Waals surface area contributed by atoms with E-state index in [1.807, 2.05) is 24.3 Å². The van der Waals surface area contributed by atoms with Crippen molar-refractivity contribution in [3.05, 3.63) is 29.8 Å². The van der Waals surface area contributed by atoms with E-state index < -0.39 is 5.41 Å².